The second kappa shape index (κ2) is 5.16. The summed E-state index contributed by atoms with van der Waals surface area (Å²) >= 11 is 5.04. The van der Waals surface area contributed by atoms with Crippen LogP contribution in [0.4, 0.5) is 11.4 Å². The Hall–Kier alpha value is -1.29. The molecule has 1 saturated heterocycles. The number of benzene rings is 1. The minimum Gasteiger partial charge on any atom is -0.372 e. The molecule has 0 aliphatic carbocycles. The Kier molecular flexibility index (Phi) is 3.62. The summed E-state index contributed by atoms with van der Waals surface area (Å²) < 4.78 is 0. The molecule has 0 atom stereocenters. The lowest BCUT2D eigenvalue weighted by Gasteiger charge is -2.18. The van der Waals surface area contributed by atoms with Gasteiger partial charge in [0, 0.05) is 31.5 Å². The maximum Gasteiger partial charge on any atom is 0.170 e. The molecule has 0 amide bonds. The highest BCUT2D eigenvalue weighted by Crippen LogP contribution is 2.21. The summed E-state index contributed by atoms with van der Waals surface area (Å²) in [5.41, 5.74) is 2.33. The van der Waals surface area contributed by atoms with Gasteiger partial charge in [-0.05, 0) is 49.3 Å². The van der Waals surface area contributed by atoms with Crippen molar-refractivity contribution < 1.29 is 0 Å². The van der Waals surface area contributed by atoms with Crippen LogP contribution in [0.25, 0.3) is 0 Å². The Morgan fingerprint density at radius 1 is 1.19 bits per heavy atom. The van der Waals surface area contributed by atoms with Gasteiger partial charge in [-0.2, -0.15) is 0 Å². The minimum absolute atomic E-state index is 0.647. The van der Waals surface area contributed by atoms with Crippen LogP contribution >= 0.6 is 12.2 Å². The van der Waals surface area contributed by atoms with E-state index in [2.05, 4.69) is 39.8 Å². The summed E-state index contributed by atoms with van der Waals surface area (Å²) in [6.45, 7) is 2.36. The highest BCUT2D eigenvalue weighted by atomic mass is 32.1. The van der Waals surface area contributed by atoms with E-state index in [4.69, 9.17) is 12.2 Å². The number of nitrogens with one attached hydrogen (secondary N) is 2. The first kappa shape index (κ1) is 11.2. The van der Waals surface area contributed by atoms with Crippen molar-refractivity contribution in [2.75, 3.05) is 30.4 Å². The predicted octanol–water partition coefficient (Wildman–Crippen LogP) is 2.20. The highest BCUT2D eigenvalue weighted by Gasteiger charge is 2.11. The van der Waals surface area contributed by atoms with Gasteiger partial charge in [0.1, 0.15) is 0 Å². The SMILES string of the molecule is CNC(=S)Nc1ccc(N2CCCC2)cc1. The number of thiocarbonyl (C=S) groups is 1. The summed E-state index contributed by atoms with van der Waals surface area (Å²) in [7, 11) is 1.81. The zero-order chi connectivity index (χ0) is 11.4. The quantitative estimate of drug-likeness (QED) is 0.769. The van der Waals surface area contributed by atoms with Crippen molar-refractivity contribution in [3.63, 3.8) is 0 Å². The average Bonchev–Trinajstić information content (AvgIpc) is 2.83. The van der Waals surface area contributed by atoms with Crippen molar-refractivity contribution in [2.45, 2.75) is 12.8 Å². The molecule has 0 radical (unpaired) electrons. The van der Waals surface area contributed by atoms with E-state index in [9.17, 15) is 0 Å². The van der Waals surface area contributed by atoms with Gasteiger partial charge in [-0.25, -0.2) is 0 Å². The summed E-state index contributed by atoms with van der Waals surface area (Å²) in [6.07, 6.45) is 2.62. The number of hydrogen-bond acceptors (Lipinski definition) is 2. The van der Waals surface area contributed by atoms with Crippen LogP contribution in [0.15, 0.2) is 24.3 Å². The van der Waals surface area contributed by atoms with Gasteiger partial charge in [0.25, 0.3) is 0 Å². The maximum atomic E-state index is 5.04. The summed E-state index contributed by atoms with van der Waals surface area (Å²) in [5.74, 6) is 0. The van der Waals surface area contributed by atoms with Crippen LogP contribution < -0.4 is 15.5 Å². The van der Waals surface area contributed by atoms with Gasteiger partial charge in [0.15, 0.2) is 5.11 Å². The Bertz CT molecular complexity index is 355. The van der Waals surface area contributed by atoms with Crippen molar-refractivity contribution in [2.24, 2.45) is 0 Å². The lowest BCUT2D eigenvalue weighted by atomic mass is 10.2. The first-order valence-corrected chi connectivity index (χ1v) is 6.04. The van der Waals surface area contributed by atoms with E-state index in [0.717, 1.165) is 5.69 Å². The summed E-state index contributed by atoms with van der Waals surface area (Å²) in [6, 6.07) is 8.42. The fourth-order valence-corrected chi connectivity index (χ4v) is 2.04. The zero-order valence-corrected chi connectivity index (χ0v) is 10.3. The third-order valence-corrected chi connectivity index (χ3v) is 3.13. The Morgan fingerprint density at radius 2 is 1.81 bits per heavy atom. The molecular formula is C12H17N3S. The van der Waals surface area contributed by atoms with E-state index in [-0.39, 0.29) is 0 Å². The van der Waals surface area contributed by atoms with Crippen LogP contribution in [0.5, 0.6) is 0 Å². The number of nitrogens with zero attached hydrogens (tertiary/aromatic N) is 1. The van der Waals surface area contributed by atoms with E-state index in [0.29, 0.717) is 5.11 Å². The smallest absolute Gasteiger partial charge is 0.170 e. The molecule has 1 aliphatic rings. The van der Waals surface area contributed by atoms with Crippen molar-refractivity contribution >= 4 is 28.7 Å². The maximum absolute atomic E-state index is 5.04. The standard InChI is InChI=1S/C12H17N3S/c1-13-12(16)14-10-4-6-11(7-5-10)15-8-2-3-9-15/h4-7H,2-3,8-9H2,1H3,(H2,13,14,16). The second-order valence-corrected chi connectivity index (χ2v) is 4.35. The monoisotopic (exact) mass is 235 g/mol. The van der Waals surface area contributed by atoms with Gasteiger partial charge in [-0.15, -0.1) is 0 Å². The van der Waals surface area contributed by atoms with Crippen LogP contribution in [0.2, 0.25) is 0 Å². The highest BCUT2D eigenvalue weighted by molar-refractivity contribution is 7.80. The molecule has 0 aromatic heterocycles. The van der Waals surface area contributed by atoms with Crippen LogP contribution in [0.1, 0.15) is 12.8 Å². The van der Waals surface area contributed by atoms with Gasteiger partial charge in [-0.3, -0.25) is 0 Å². The predicted molar refractivity (Wildman–Crippen MR) is 73.2 cm³/mol. The van der Waals surface area contributed by atoms with Crippen LogP contribution in [-0.2, 0) is 0 Å². The average molecular weight is 235 g/mol. The van der Waals surface area contributed by atoms with Gasteiger partial charge in [-0.1, -0.05) is 0 Å². The van der Waals surface area contributed by atoms with Gasteiger partial charge in [0.2, 0.25) is 0 Å². The fourth-order valence-electron chi connectivity index (χ4n) is 1.92. The molecule has 1 aliphatic heterocycles. The van der Waals surface area contributed by atoms with Crippen LogP contribution in [-0.4, -0.2) is 25.2 Å². The Balaban J connectivity index is 2.01. The normalized spacial score (nSPS) is 14.9. The first-order chi connectivity index (χ1) is 7.79. The molecule has 4 heteroatoms. The lowest BCUT2D eigenvalue weighted by molar-refractivity contribution is 0.949. The van der Waals surface area contributed by atoms with E-state index >= 15 is 0 Å². The van der Waals surface area contributed by atoms with Crippen LogP contribution in [0, 0.1) is 0 Å². The molecule has 0 bridgehead atoms. The van der Waals surface area contributed by atoms with Crippen molar-refractivity contribution in [1.82, 2.24) is 5.32 Å². The molecule has 2 rings (SSSR count). The third-order valence-electron chi connectivity index (χ3n) is 2.82. The number of rotatable bonds is 2. The molecule has 16 heavy (non-hydrogen) atoms. The van der Waals surface area contributed by atoms with Gasteiger partial charge >= 0.3 is 0 Å². The molecular weight excluding hydrogens is 218 g/mol. The topological polar surface area (TPSA) is 27.3 Å². The van der Waals surface area contributed by atoms with E-state index in [1.165, 1.54) is 31.6 Å². The summed E-state index contributed by atoms with van der Waals surface area (Å²) in [4.78, 5) is 2.42. The van der Waals surface area contributed by atoms with E-state index in [1.807, 2.05) is 7.05 Å². The second-order valence-electron chi connectivity index (χ2n) is 3.95. The molecule has 86 valence electrons. The Labute approximate surface area is 102 Å². The lowest BCUT2D eigenvalue weighted by Crippen LogP contribution is -2.24. The molecule has 3 nitrogen and oxygen atoms in total. The molecule has 1 heterocycles. The fraction of sp³-hybridized carbons (Fsp3) is 0.417. The molecule has 2 N–H and O–H groups in total. The van der Waals surface area contributed by atoms with Crippen LogP contribution in [0.3, 0.4) is 0 Å². The van der Waals surface area contributed by atoms with Gasteiger partial charge < -0.3 is 15.5 Å². The molecule has 0 unspecified atom stereocenters. The molecule has 1 aromatic rings. The molecule has 1 fully saturated rings. The Morgan fingerprint density at radius 3 is 2.38 bits per heavy atom. The van der Waals surface area contributed by atoms with Crippen molar-refractivity contribution in [1.29, 1.82) is 0 Å². The number of anilines is 2. The largest absolute Gasteiger partial charge is 0.372 e. The van der Waals surface area contributed by atoms with Gasteiger partial charge in [0.05, 0.1) is 0 Å². The number of hydrogen-bond donors (Lipinski definition) is 2. The molecule has 0 spiro atoms. The van der Waals surface area contributed by atoms with Crippen molar-refractivity contribution in [3.05, 3.63) is 24.3 Å². The zero-order valence-electron chi connectivity index (χ0n) is 9.49. The van der Waals surface area contributed by atoms with E-state index < -0.39 is 0 Å². The van der Waals surface area contributed by atoms with E-state index in [1.54, 1.807) is 0 Å². The molecule has 0 saturated carbocycles. The summed E-state index contributed by atoms with van der Waals surface area (Å²) in [5, 5.41) is 6.65. The van der Waals surface area contributed by atoms with Crippen molar-refractivity contribution in [3.8, 4) is 0 Å². The third kappa shape index (κ3) is 2.64. The first-order valence-electron chi connectivity index (χ1n) is 5.63. The molecule has 1 aromatic carbocycles. The minimum atomic E-state index is 0.647.